The average Bonchev–Trinajstić information content (AvgIpc) is 2.70. The van der Waals surface area contributed by atoms with Crippen LogP contribution < -0.4 is 0 Å². The van der Waals surface area contributed by atoms with Crippen LogP contribution in [0.1, 0.15) is 72.1 Å². The standard InChI is InChI=1S/C20H30O2/c1-18-9-6-14(21)12-13(18)4-5-15-16(18)7-10-19(2)17(15)8-11-20(19,3)22/h12,15-17,22H,4-11H2,1-3H3/t15-,16+,17+,18?,19?,20+/m1/s1. The highest BCUT2D eigenvalue weighted by atomic mass is 16.3. The molecule has 22 heavy (non-hydrogen) atoms. The fourth-order valence-corrected chi connectivity index (χ4v) is 6.80. The quantitative estimate of drug-likeness (QED) is 0.725. The van der Waals surface area contributed by atoms with E-state index < -0.39 is 5.60 Å². The first-order valence-electron chi connectivity index (χ1n) is 9.24. The number of hydrogen-bond donors (Lipinski definition) is 1. The lowest BCUT2D eigenvalue weighted by Crippen LogP contribution is -2.53. The fourth-order valence-electron chi connectivity index (χ4n) is 6.80. The Kier molecular flexibility index (Phi) is 3.03. The van der Waals surface area contributed by atoms with Crippen molar-refractivity contribution in [1.82, 2.24) is 0 Å². The maximum atomic E-state index is 11.8. The molecule has 0 spiro atoms. The van der Waals surface area contributed by atoms with E-state index in [1.165, 1.54) is 24.8 Å². The Morgan fingerprint density at radius 1 is 1.00 bits per heavy atom. The molecule has 6 atom stereocenters. The second-order valence-corrected chi connectivity index (χ2v) is 9.24. The first-order chi connectivity index (χ1) is 10.3. The van der Waals surface area contributed by atoms with Crippen LogP contribution >= 0.6 is 0 Å². The van der Waals surface area contributed by atoms with Crippen LogP contribution in [-0.4, -0.2) is 16.5 Å². The monoisotopic (exact) mass is 302 g/mol. The molecule has 2 unspecified atom stereocenters. The van der Waals surface area contributed by atoms with E-state index in [0.29, 0.717) is 11.7 Å². The van der Waals surface area contributed by atoms with Crippen LogP contribution in [-0.2, 0) is 4.79 Å². The molecule has 122 valence electrons. The van der Waals surface area contributed by atoms with Gasteiger partial charge in [0.15, 0.2) is 5.78 Å². The molecule has 0 aromatic heterocycles. The van der Waals surface area contributed by atoms with Gasteiger partial charge in [0.1, 0.15) is 0 Å². The molecule has 4 aliphatic rings. The summed E-state index contributed by atoms with van der Waals surface area (Å²) >= 11 is 0. The average molecular weight is 302 g/mol. The van der Waals surface area contributed by atoms with Gasteiger partial charge in [-0.2, -0.15) is 0 Å². The van der Waals surface area contributed by atoms with Crippen LogP contribution in [0.2, 0.25) is 0 Å². The van der Waals surface area contributed by atoms with E-state index in [9.17, 15) is 9.90 Å². The fraction of sp³-hybridized carbons (Fsp3) is 0.850. The van der Waals surface area contributed by atoms with E-state index in [2.05, 4.69) is 20.8 Å². The number of ketones is 1. The van der Waals surface area contributed by atoms with Crippen molar-refractivity contribution in [2.24, 2.45) is 28.6 Å². The van der Waals surface area contributed by atoms with Crippen molar-refractivity contribution in [1.29, 1.82) is 0 Å². The highest BCUT2D eigenvalue weighted by molar-refractivity contribution is 5.91. The summed E-state index contributed by atoms with van der Waals surface area (Å²) < 4.78 is 0. The van der Waals surface area contributed by atoms with Crippen molar-refractivity contribution in [3.8, 4) is 0 Å². The maximum absolute atomic E-state index is 11.8. The van der Waals surface area contributed by atoms with Crippen molar-refractivity contribution in [2.75, 3.05) is 0 Å². The van der Waals surface area contributed by atoms with Crippen LogP contribution in [0.3, 0.4) is 0 Å². The third-order valence-corrected chi connectivity index (χ3v) is 8.52. The van der Waals surface area contributed by atoms with Crippen molar-refractivity contribution >= 4 is 5.78 Å². The zero-order valence-corrected chi connectivity index (χ0v) is 14.3. The van der Waals surface area contributed by atoms with Gasteiger partial charge in [-0.1, -0.05) is 19.4 Å². The molecule has 4 aliphatic carbocycles. The molecule has 0 saturated heterocycles. The number of allylic oxidation sites excluding steroid dienone is 1. The Morgan fingerprint density at radius 3 is 2.50 bits per heavy atom. The molecule has 3 fully saturated rings. The van der Waals surface area contributed by atoms with E-state index in [1.807, 2.05) is 6.08 Å². The molecule has 2 nitrogen and oxygen atoms in total. The van der Waals surface area contributed by atoms with Gasteiger partial charge >= 0.3 is 0 Å². The summed E-state index contributed by atoms with van der Waals surface area (Å²) in [6, 6.07) is 0. The lowest BCUT2D eigenvalue weighted by Gasteiger charge is -2.58. The molecular formula is C20H30O2. The third kappa shape index (κ3) is 1.74. The minimum atomic E-state index is -0.484. The minimum Gasteiger partial charge on any atom is -0.390 e. The third-order valence-electron chi connectivity index (χ3n) is 8.52. The zero-order valence-electron chi connectivity index (χ0n) is 14.3. The Hall–Kier alpha value is -0.630. The molecule has 0 heterocycles. The normalized spacial score (nSPS) is 54.3. The van der Waals surface area contributed by atoms with E-state index >= 15 is 0 Å². The van der Waals surface area contributed by atoms with Gasteiger partial charge in [-0.3, -0.25) is 4.79 Å². The topological polar surface area (TPSA) is 37.3 Å². The van der Waals surface area contributed by atoms with Gasteiger partial charge in [-0.25, -0.2) is 0 Å². The Bertz CT molecular complexity index is 546. The second kappa shape index (κ2) is 4.47. The van der Waals surface area contributed by atoms with Gasteiger partial charge < -0.3 is 5.11 Å². The summed E-state index contributed by atoms with van der Waals surface area (Å²) in [5.41, 5.74) is 1.32. The molecular weight excluding hydrogens is 272 g/mol. The SMILES string of the molecule is CC12CCC(=O)C=C1CC[C@@H]1[C@@H]2CCC2(C)[C@H]1CC[C@]2(C)O. The molecule has 3 saturated carbocycles. The summed E-state index contributed by atoms with van der Waals surface area (Å²) in [6.07, 6.45) is 10.7. The number of rotatable bonds is 0. The summed E-state index contributed by atoms with van der Waals surface area (Å²) in [6.45, 7) is 6.85. The van der Waals surface area contributed by atoms with E-state index in [0.717, 1.165) is 43.9 Å². The smallest absolute Gasteiger partial charge is 0.155 e. The predicted octanol–water partition coefficient (Wildman–Crippen LogP) is 4.27. The van der Waals surface area contributed by atoms with Crippen LogP contribution in [0.25, 0.3) is 0 Å². The Labute approximate surface area is 134 Å². The largest absolute Gasteiger partial charge is 0.390 e. The van der Waals surface area contributed by atoms with Crippen molar-refractivity contribution < 1.29 is 9.90 Å². The highest BCUT2D eigenvalue weighted by Crippen LogP contribution is 2.67. The minimum absolute atomic E-state index is 0.107. The lowest BCUT2D eigenvalue weighted by molar-refractivity contribution is -0.124. The molecule has 0 aromatic carbocycles. The molecule has 0 amide bonds. The van der Waals surface area contributed by atoms with Gasteiger partial charge in [0, 0.05) is 6.42 Å². The summed E-state index contributed by atoms with van der Waals surface area (Å²) in [5.74, 6) is 2.50. The predicted molar refractivity (Wildman–Crippen MR) is 87.3 cm³/mol. The number of fused-ring (bicyclic) bond motifs is 5. The van der Waals surface area contributed by atoms with Crippen LogP contribution in [0.4, 0.5) is 0 Å². The molecule has 0 aliphatic heterocycles. The highest BCUT2D eigenvalue weighted by Gasteiger charge is 2.62. The number of carbonyl (C=O) groups is 1. The first-order valence-corrected chi connectivity index (χ1v) is 9.24. The van der Waals surface area contributed by atoms with Gasteiger partial charge in [-0.15, -0.1) is 0 Å². The van der Waals surface area contributed by atoms with Gasteiger partial charge in [0.05, 0.1) is 5.60 Å². The van der Waals surface area contributed by atoms with E-state index in [4.69, 9.17) is 0 Å². The molecule has 0 bridgehead atoms. The Balaban J connectivity index is 1.70. The summed E-state index contributed by atoms with van der Waals surface area (Å²) in [5, 5.41) is 10.9. The Morgan fingerprint density at radius 2 is 1.73 bits per heavy atom. The summed E-state index contributed by atoms with van der Waals surface area (Å²) in [7, 11) is 0. The molecule has 0 radical (unpaired) electrons. The zero-order chi connectivity index (χ0) is 15.8. The lowest BCUT2D eigenvalue weighted by atomic mass is 9.46. The molecule has 0 aromatic rings. The van der Waals surface area contributed by atoms with Crippen LogP contribution in [0.5, 0.6) is 0 Å². The van der Waals surface area contributed by atoms with Gasteiger partial charge in [0.25, 0.3) is 0 Å². The summed E-state index contributed by atoms with van der Waals surface area (Å²) in [4.78, 5) is 11.8. The van der Waals surface area contributed by atoms with Gasteiger partial charge in [0.2, 0.25) is 0 Å². The van der Waals surface area contributed by atoms with Crippen LogP contribution in [0.15, 0.2) is 11.6 Å². The molecule has 1 N–H and O–H groups in total. The molecule has 4 rings (SSSR count). The van der Waals surface area contributed by atoms with Crippen LogP contribution in [0, 0.1) is 28.6 Å². The number of hydrogen-bond acceptors (Lipinski definition) is 2. The van der Waals surface area contributed by atoms with Gasteiger partial charge in [-0.05, 0) is 86.5 Å². The molecule has 2 heteroatoms. The van der Waals surface area contributed by atoms with E-state index in [-0.39, 0.29) is 10.8 Å². The van der Waals surface area contributed by atoms with E-state index in [1.54, 1.807) is 0 Å². The van der Waals surface area contributed by atoms with Crippen molar-refractivity contribution in [3.05, 3.63) is 11.6 Å². The number of carbonyl (C=O) groups excluding carboxylic acids is 1. The first kappa shape index (κ1) is 14.9. The maximum Gasteiger partial charge on any atom is 0.155 e. The second-order valence-electron chi connectivity index (χ2n) is 9.24. The van der Waals surface area contributed by atoms with Crippen molar-refractivity contribution in [2.45, 2.75) is 77.7 Å². The number of aliphatic hydroxyl groups is 1. The van der Waals surface area contributed by atoms with Crippen molar-refractivity contribution in [3.63, 3.8) is 0 Å².